The number of halogens is 2. The second-order valence-electron chi connectivity index (χ2n) is 5.80. The van der Waals surface area contributed by atoms with Crippen molar-refractivity contribution in [3.8, 4) is 0 Å². The molecule has 5 rings (SSSR count). The number of nitrogens with zero attached hydrogens (tertiary/aromatic N) is 3. The van der Waals surface area contributed by atoms with Crippen LogP contribution in [0.1, 0.15) is 18.9 Å². The van der Waals surface area contributed by atoms with Gasteiger partial charge in [-0.05, 0) is 53.8 Å². The maximum atomic E-state index is 13.9. The molecule has 1 aromatic carbocycles. The Hall–Kier alpha value is -1.14. The number of rotatable bonds is 1. The molecule has 2 bridgehead atoms. The highest BCUT2D eigenvalue weighted by Gasteiger charge is 2.36. The molecule has 4 nitrogen and oxygen atoms in total. The average Bonchev–Trinajstić information content (AvgIpc) is 2.76. The van der Waals surface area contributed by atoms with E-state index in [1.165, 1.54) is 25.9 Å². The van der Waals surface area contributed by atoms with Crippen LogP contribution < -0.4 is 5.73 Å². The Bertz CT molecular complexity index is 675. The zero-order chi connectivity index (χ0) is 13.9. The van der Waals surface area contributed by atoms with E-state index in [2.05, 4.69) is 25.8 Å². The van der Waals surface area contributed by atoms with Crippen LogP contribution in [0.15, 0.2) is 16.6 Å². The standard InChI is InChI=1S/C14H16BrFN4/c15-9-5-11-12(6-10(9)16)20(14(17)18-11)13-7-19-3-1-8(13)2-4-19/h5-6,8,13H,1-4,7H2,(H2,17,18). The Morgan fingerprint density at radius 2 is 2.05 bits per heavy atom. The zero-order valence-corrected chi connectivity index (χ0v) is 12.6. The van der Waals surface area contributed by atoms with Crippen molar-refractivity contribution in [3.63, 3.8) is 0 Å². The van der Waals surface area contributed by atoms with Crippen molar-refractivity contribution in [1.29, 1.82) is 0 Å². The highest BCUT2D eigenvalue weighted by atomic mass is 79.9. The Labute approximate surface area is 124 Å². The molecule has 3 aliphatic rings. The van der Waals surface area contributed by atoms with Crippen LogP contribution in [0.4, 0.5) is 10.3 Å². The second kappa shape index (κ2) is 4.43. The maximum absolute atomic E-state index is 13.9. The number of hydrogen-bond donors (Lipinski definition) is 1. The van der Waals surface area contributed by atoms with Gasteiger partial charge in [-0.25, -0.2) is 9.37 Å². The molecule has 1 unspecified atom stereocenters. The predicted molar refractivity (Wildman–Crippen MR) is 80.0 cm³/mol. The molecule has 2 aromatic rings. The fourth-order valence-electron chi connectivity index (χ4n) is 3.68. The van der Waals surface area contributed by atoms with Crippen LogP contribution in [0.3, 0.4) is 0 Å². The van der Waals surface area contributed by atoms with Gasteiger partial charge in [0, 0.05) is 12.6 Å². The van der Waals surface area contributed by atoms with Crippen LogP contribution in [0.2, 0.25) is 0 Å². The normalized spacial score (nSPS) is 29.2. The molecule has 3 fully saturated rings. The Morgan fingerprint density at radius 1 is 1.30 bits per heavy atom. The summed E-state index contributed by atoms with van der Waals surface area (Å²) in [6, 6.07) is 3.57. The van der Waals surface area contributed by atoms with Gasteiger partial charge in [0.15, 0.2) is 0 Å². The van der Waals surface area contributed by atoms with Gasteiger partial charge in [0.25, 0.3) is 0 Å². The van der Waals surface area contributed by atoms with E-state index in [9.17, 15) is 4.39 Å². The Kier molecular flexibility index (Phi) is 2.79. The van der Waals surface area contributed by atoms with Crippen molar-refractivity contribution in [2.75, 3.05) is 25.4 Å². The topological polar surface area (TPSA) is 47.1 Å². The van der Waals surface area contributed by atoms with E-state index < -0.39 is 0 Å². The molecular weight excluding hydrogens is 323 g/mol. The van der Waals surface area contributed by atoms with E-state index in [0.717, 1.165) is 17.6 Å². The van der Waals surface area contributed by atoms with Crippen molar-refractivity contribution in [2.24, 2.45) is 5.92 Å². The summed E-state index contributed by atoms with van der Waals surface area (Å²) in [5.74, 6) is 0.864. The summed E-state index contributed by atoms with van der Waals surface area (Å²) in [7, 11) is 0. The first-order chi connectivity index (χ1) is 9.63. The van der Waals surface area contributed by atoms with Gasteiger partial charge in [0.05, 0.1) is 21.5 Å². The van der Waals surface area contributed by atoms with E-state index in [1.54, 1.807) is 12.1 Å². The van der Waals surface area contributed by atoms with E-state index in [1.807, 2.05) is 4.57 Å². The molecule has 0 aliphatic carbocycles. The smallest absolute Gasteiger partial charge is 0.201 e. The second-order valence-corrected chi connectivity index (χ2v) is 6.65. The summed E-state index contributed by atoms with van der Waals surface area (Å²) in [5, 5.41) is 0. The molecule has 0 amide bonds. The van der Waals surface area contributed by atoms with Crippen LogP contribution in [0.25, 0.3) is 11.0 Å². The van der Waals surface area contributed by atoms with E-state index in [-0.39, 0.29) is 5.82 Å². The lowest BCUT2D eigenvalue weighted by Gasteiger charge is -2.45. The molecule has 2 N–H and O–H groups in total. The largest absolute Gasteiger partial charge is 0.369 e. The lowest BCUT2D eigenvalue weighted by Crippen LogP contribution is -2.48. The summed E-state index contributed by atoms with van der Waals surface area (Å²) < 4.78 is 16.3. The Balaban J connectivity index is 1.87. The van der Waals surface area contributed by atoms with E-state index in [4.69, 9.17) is 5.73 Å². The number of fused-ring (bicyclic) bond motifs is 4. The number of hydrogen-bond acceptors (Lipinski definition) is 3. The SMILES string of the molecule is Nc1nc2cc(Br)c(F)cc2n1C1CN2CCC1CC2. The highest BCUT2D eigenvalue weighted by molar-refractivity contribution is 9.10. The van der Waals surface area contributed by atoms with Crippen LogP contribution in [0, 0.1) is 11.7 Å². The van der Waals surface area contributed by atoms with Crippen molar-refractivity contribution in [2.45, 2.75) is 18.9 Å². The van der Waals surface area contributed by atoms with Gasteiger partial charge in [0.1, 0.15) is 5.82 Å². The number of piperidine rings is 3. The quantitative estimate of drug-likeness (QED) is 0.869. The number of nitrogens with two attached hydrogens (primary N) is 1. The summed E-state index contributed by atoms with van der Waals surface area (Å²) in [6.45, 7) is 3.35. The fourth-order valence-corrected chi connectivity index (χ4v) is 4.02. The minimum atomic E-state index is -0.264. The van der Waals surface area contributed by atoms with Crippen molar-refractivity contribution in [3.05, 3.63) is 22.4 Å². The lowest BCUT2D eigenvalue weighted by atomic mass is 9.84. The van der Waals surface area contributed by atoms with Crippen molar-refractivity contribution in [1.82, 2.24) is 14.5 Å². The minimum absolute atomic E-state index is 0.264. The van der Waals surface area contributed by atoms with Gasteiger partial charge in [-0.1, -0.05) is 0 Å². The van der Waals surface area contributed by atoms with Gasteiger partial charge in [-0.3, -0.25) is 0 Å². The minimum Gasteiger partial charge on any atom is -0.369 e. The Morgan fingerprint density at radius 3 is 2.70 bits per heavy atom. The van der Waals surface area contributed by atoms with Gasteiger partial charge in [-0.15, -0.1) is 0 Å². The van der Waals surface area contributed by atoms with Crippen LogP contribution in [-0.4, -0.2) is 34.1 Å². The first-order valence-electron chi connectivity index (χ1n) is 6.98. The third kappa shape index (κ3) is 1.78. The van der Waals surface area contributed by atoms with Crippen LogP contribution in [0.5, 0.6) is 0 Å². The van der Waals surface area contributed by atoms with Gasteiger partial charge in [0.2, 0.25) is 5.95 Å². The molecule has 106 valence electrons. The monoisotopic (exact) mass is 338 g/mol. The van der Waals surface area contributed by atoms with Gasteiger partial charge >= 0.3 is 0 Å². The molecule has 1 atom stereocenters. The van der Waals surface area contributed by atoms with Gasteiger partial charge in [-0.2, -0.15) is 0 Å². The molecule has 3 aliphatic heterocycles. The zero-order valence-electron chi connectivity index (χ0n) is 11.0. The number of benzene rings is 1. The summed E-state index contributed by atoms with van der Waals surface area (Å²) in [4.78, 5) is 6.86. The van der Waals surface area contributed by atoms with Crippen molar-refractivity contribution < 1.29 is 4.39 Å². The fraction of sp³-hybridized carbons (Fsp3) is 0.500. The third-order valence-electron chi connectivity index (χ3n) is 4.71. The summed E-state index contributed by atoms with van der Waals surface area (Å²) in [5.41, 5.74) is 7.68. The first kappa shape index (κ1) is 12.6. The number of aromatic nitrogens is 2. The first-order valence-corrected chi connectivity index (χ1v) is 7.77. The third-order valence-corrected chi connectivity index (χ3v) is 5.32. The summed E-state index contributed by atoms with van der Waals surface area (Å²) in [6.07, 6.45) is 2.39. The molecule has 0 saturated carbocycles. The number of anilines is 1. The lowest BCUT2D eigenvalue weighted by molar-refractivity contribution is 0.0598. The molecule has 3 saturated heterocycles. The molecule has 0 spiro atoms. The number of imidazole rings is 1. The molecule has 20 heavy (non-hydrogen) atoms. The summed E-state index contributed by atoms with van der Waals surface area (Å²) >= 11 is 3.21. The molecule has 1 aromatic heterocycles. The molecule has 6 heteroatoms. The van der Waals surface area contributed by atoms with E-state index in [0.29, 0.717) is 22.4 Å². The molecular formula is C14H16BrFN4. The highest BCUT2D eigenvalue weighted by Crippen LogP contribution is 2.39. The van der Waals surface area contributed by atoms with Crippen molar-refractivity contribution >= 4 is 32.9 Å². The van der Waals surface area contributed by atoms with Gasteiger partial charge < -0.3 is 15.2 Å². The molecule has 0 radical (unpaired) electrons. The maximum Gasteiger partial charge on any atom is 0.201 e. The average molecular weight is 339 g/mol. The van der Waals surface area contributed by atoms with Crippen LogP contribution >= 0.6 is 15.9 Å². The number of nitrogen functional groups attached to an aromatic ring is 1. The predicted octanol–water partition coefficient (Wildman–Crippen LogP) is 2.79. The van der Waals surface area contributed by atoms with E-state index >= 15 is 0 Å². The van der Waals surface area contributed by atoms with Crippen LogP contribution in [-0.2, 0) is 0 Å². The molecule has 4 heterocycles.